The van der Waals surface area contributed by atoms with Crippen LogP contribution in [0.1, 0.15) is 49.7 Å². The molecule has 4 fully saturated rings. The molecule has 4 aliphatic rings. The van der Waals surface area contributed by atoms with Crippen molar-refractivity contribution in [3.05, 3.63) is 35.1 Å². The van der Waals surface area contributed by atoms with E-state index in [0.29, 0.717) is 17.8 Å². The number of rotatable bonds is 3. The number of hydrogen-bond donors (Lipinski definition) is 0. The van der Waals surface area contributed by atoms with Gasteiger partial charge in [0.05, 0.1) is 0 Å². The molecule has 0 aliphatic heterocycles. The SMILES string of the molecule is Cc1cc(CC(=O)C23CC4CC(CC(C4)C2)C3)ccc1F. The molecule has 0 N–H and O–H groups in total. The van der Waals surface area contributed by atoms with Crippen LogP contribution in [0.25, 0.3) is 0 Å². The molecule has 112 valence electrons. The largest absolute Gasteiger partial charge is 0.299 e. The highest BCUT2D eigenvalue weighted by Gasteiger charge is 2.53. The van der Waals surface area contributed by atoms with Gasteiger partial charge >= 0.3 is 0 Å². The third-order valence-corrected chi connectivity index (χ3v) is 6.22. The third kappa shape index (κ3) is 2.23. The Labute approximate surface area is 125 Å². The molecule has 5 rings (SSSR count). The molecule has 4 aliphatic carbocycles. The van der Waals surface area contributed by atoms with Crippen LogP contribution in [0.3, 0.4) is 0 Å². The number of aryl methyl sites for hydroxylation is 1. The first-order valence-corrected chi connectivity index (χ1v) is 8.32. The van der Waals surface area contributed by atoms with E-state index in [0.717, 1.165) is 42.6 Å². The zero-order chi connectivity index (χ0) is 14.6. The summed E-state index contributed by atoms with van der Waals surface area (Å²) >= 11 is 0. The Balaban J connectivity index is 1.56. The van der Waals surface area contributed by atoms with Crippen LogP contribution in [0.15, 0.2) is 18.2 Å². The molecule has 0 aromatic heterocycles. The third-order valence-electron chi connectivity index (χ3n) is 6.22. The predicted octanol–water partition coefficient (Wildman–Crippen LogP) is 4.46. The lowest BCUT2D eigenvalue weighted by Gasteiger charge is -2.56. The Morgan fingerprint density at radius 2 is 1.71 bits per heavy atom. The van der Waals surface area contributed by atoms with Crippen molar-refractivity contribution < 1.29 is 9.18 Å². The van der Waals surface area contributed by atoms with E-state index in [1.165, 1.54) is 25.3 Å². The van der Waals surface area contributed by atoms with E-state index in [-0.39, 0.29) is 11.2 Å². The number of benzene rings is 1. The van der Waals surface area contributed by atoms with Crippen molar-refractivity contribution in [2.75, 3.05) is 0 Å². The number of halogens is 1. The van der Waals surface area contributed by atoms with Crippen LogP contribution in [-0.4, -0.2) is 5.78 Å². The molecule has 21 heavy (non-hydrogen) atoms. The second kappa shape index (κ2) is 4.66. The second-order valence-corrected chi connectivity index (χ2v) is 7.88. The van der Waals surface area contributed by atoms with Crippen LogP contribution in [0, 0.1) is 35.9 Å². The fourth-order valence-electron chi connectivity index (χ4n) is 5.64. The van der Waals surface area contributed by atoms with Gasteiger partial charge in [-0.25, -0.2) is 4.39 Å². The standard InChI is InChI=1S/C19H23FO/c1-12-4-13(2-3-17(12)20)8-18(21)19-9-14-5-15(10-19)7-16(6-14)11-19/h2-4,14-16H,5-11H2,1H3. The van der Waals surface area contributed by atoms with Gasteiger partial charge in [-0.1, -0.05) is 12.1 Å². The molecule has 0 spiro atoms. The van der Waals surface area contributed by atoms with Crippen molar-refractivity contribution in [3.8, 4) is 0 Å². The normalized spacial score (nSPS) is 37.0. The van der Waals surface area contributed by atoms with Gasteiger partial charge in [0, 0.05) is 11.8 Å². The zero-order valence-electron chi connectivity index (χ0n) is 12.7. The summed E-state index contributed by atoms with van der Waals surface area (Å²) in [5, 5.41) is 0. The maximum absolute atomic E-state index is 13.4. The van der Waals surface area contributed by atoms with Crippen molar-refractivity contribution in [1.82, 2.24) is 0 Å². The molecule has 0 heterocycles. The number of carbonyl (C=O) groups is 1. The van der Waals surface area contributed by atoms with Gasteiger partial charge in [-0.15, -0.1) is 0 Å². The van der Waals surface area contributed by atoms with Gasteiger partial charge in [0.25, 0.3) is 0 Å². The minimum absolute atomic E-state index is 0.0307. The zero-order valence-corrected chi connectivity index (χ0v) is 12.7. The van der Waals surface area contributed by atoms with Crippen molar-refractivity contribution in [2.24, 2.45) is 23.2 Å². The van der Waals surface area contributed by atoms with Crippen LogP contribution in [0.5, 0.6) is 0 Å². The fraction of sp³-hybridized carbons (Fsp3) is 0.632. The maximum atomic E-state index is 13.4. The van der Waals surface area contributed by atoms with E-state index < -0.39 is 0 Å². The molecule has 0 unspecified atom stereocenters. The van der Waals surface area contributed by atoms with Crippen LogP contribution < -0.4 is 0 Å². The van der Waals surface area contributed by atoms with Crippen LogP contribution in [0.4, 0.5) is 4.39 Å². The van der Waals surface area contributed by atoms with Crippen LogP contribution in [-0.2, 0) is 11.2 Å². The predicted molar refractivity (Wildman–Crippen MR) is 80.5 cm³/mol. The highest BCUT2D eigenvalue weighted by atomic mass is 19.1. The molecule has 1 nitrogen and oxygen atoms in total. The molecule has 4 bridgehead atoms. The summed E-state index contributed by atoms with van der Waals surface area (Å²) in [4.78, 5) is 13.0. The lowest BCUT2D eigenvalue weighted by molar-refractivity contribution is -0.143. The van der Waals surface area contributed by atoms with Gasteiger partial charge in [0.2, 0.25) is 0 Å². The monoisotopic (exact) mass is 286 g/mol. The van der Waals surface area contributed by atoms with Crippen molar-refractivity contribution in [3.63, 3.8) is 0 Å². The van der Waals surface area contributed by atoms with E-state index in [4.69, 9.17) is 0 Å². The Kier molecular flexibility index (Phi) is 2.99. The van der Waals surface area contributed by atoms with Gasteiger partial charge < -0.3 is 0 Å². The number of hydrogen-bond acceptors (Lipinski definition) is 1. The first-order chi connectivity index (χ1) is 10.0. The lowest BCUT2D eigenvalue weighted by Crippen LogP contribution is -2.50. The smallest absolute Gasteiger partial charge is 0.143 e. The summed E-state index contributed by atoms with van der Waals surface area (Å²) < 4.78 is 13.4. The maximum Gasteiger partial charge on any atom is 0.143 e. The first kappa shape index (κ1) is 13.5. The lowest BCUT2D eigenvalue weighted by atomic mass is 9.48. The molecule has 1 aromatic rings. The molecule has 4 saturated carbocycles. The summed E-state index contributed by atoms with van der Waals surface area (Å²) in [6.45, 7) is 1.77. The molecule has 0 atom stereocenters. The van der Waals surface area contributed by atoms with Crippen molar-refractivity contribution in [1.29, 1.82) is 0 Å². The number of ketones is 1. The van der Waals surface area contributed by atoms with Gasteiger partial charge in [-0.05, 0) is 80.4 Å². The van der Waals surface area contributed by atoms with Crippen molar-refractivity contribution >= 4 is 5.78 Å². The summed E-state index contributed by atoms with van der Waals surface area (Å²) in [5.74, 6) is 2.65. The first-order valence-electron chi connectivity index (χ1n) is 8.32. The van der Waals surface area contributed by atoms with E-state index in [1.54, 1.807) is 13.0 Å². The second-order valence-electron chi connectivity index (χ2n) is 7.88. The van der Waals surface area contributed by atoms with Gasteiger partial charge in [-0.2, -0.15) is 0 Å². The van der Waals surface area contributed by atoms with Gasteiger partial charge in [0.1, 0.15) is 11.6 Å². The summed E-state index contributed by atoms with van der Waals surface area (Å²) in [6, 6.07) is 5.12. The molecule has 0 saturated heterocycles. The van der Waals surface area contributed by atoms with E-state index in [1.807, 2.05) is 6.07 Å². The summed E-state index contributed by atoms with van der Waals surface area (Å²) in [7, 11) is 0. The van der Waals surface area contributed by atoms with E-state index >= 15 is 0 Å². The van der Waals surface area contributed by atoms with Crippen LogP contribution in [0.2, 0.25) is 0 Å². The molecule has 2 heteroatoms. The fourth-order valence-corrected chi connectivity index (χ4v) is 5.64. The van der Waals surface area contributed by atoms with Gasteiger partial charge in [-0.3, -0.25) is 4.79 Å². The highest BCUT2D eigenvalue weighted by molar-refractivity contribution is 5.87. The Morgan fingerprint density at radius 3 is 2.24 bits per heavy atom. The molecular weight excluding hydrogens is 263 g/mol. The quantitative estimate of drug-likeness (QED) is 0.801. The summed E-state index contributed by atoms with van der Waals surface area (Å²) in [5.41, 5.74) is 1.59. The Morgan fingerprint density at radius 1 is 1.14 bits per heavy atom. The van der Waals surface area contributed by atoms with Crippen LogP contribution >= 0.6 is 0 Å². The number of Topliss-reactive ketones (excluding diaryl/α,β-unsaturated/α-hetero) is 1. The molecule has 1 aromatic carbocycles. The van der Waals surface area contributed by atoms with Crippen molar-refractivity contribution in [2.45, 2.75) is 51.9 Å². The average molecular weight is 286 g/mol. The topological polar surface area (TPSA) is 17.1 Å². The Hall–Kier alpha value is -1.18. The molecule has 0 amide bonds. The minimum atomic E-state index is -0.180. The number of carbonyl (C=O) groups excluding carboxylic acids is 1. The van der Waals surface area contributed by atoms with E-state index in [9.17, 15) is 9.18 Å². The Bertz CT molecular complexity index is 554. The van der Waals surface area contributed by atoms with Gasteiger partial charge in [0.15, 0.2) is 0 Å². The summed E-state index contributed by atoms with van der Waals surface area (Å²) in [6.07, 6.45) is 7.95. The molecular formula is C19H23FO. The van der Waals surface area contributed by atoms with E-state index in [2.05, 4.69) is 0 Å². The average Bonchev–Trinajstić information content (AvgIpc) is 2.41. The molecule has 0 radical (unpaired) electrons. The highest BCUT2D eigenvalue weighted by Crippen LogP contribution is 2.60. The minimum Gasteiger partial charge on any atom is -0.299 e.